The van der Waals surface area contributed by atoms with Crippen LogP contribution in [0.5, 0.6) is 11.5 Å². The zero-order valence-corrected chi connectivity index (χ0v) is 11.4. The minimum atomic E-state index is -0.298. The van der Waals surface area contributed by atoms with Crippen molar-refractivity contribution in [2.45, 2.75) is 17.1 Å². The summed E-state index contributed by atoms with van der Waals surface area (Å²) in [5.74, 6) is -0.579. The van der Waals surface area contributed by atoms with Crippen molar-refractivity contribution in [1.29, 1.82) is 0 Å². The first-order valence-corrected chi connectivity index (χ1v) is 6.59. The monoisotopic (exact) mass is 278 g/mol. The second kappa shape index (κ2) is 5.40. The molecule has 1 atom stereocenters. The second-order valence-corrected chi connectivity index (χ2v) is 5.55. The predicted molar refractivity (Wildman–Crippen MR) is 74.6 cm³/mol. The van der Waals surface area contributed by atoms with Gasteiger partial charge in [0.15, 0.2) is 11.5 Å². The van der Waals surface area contributed by atoms with Crippen LogP contribution in [0, 0.1) is 0 Å². The topological polar surface area (TPSA) is 66.8 Å². The molecule has 0 heterocycles. The lowest BCUT2D eigenvalue weighted by atomic mass is 10.1. The zero-order chi connectivity index (χ0) is 14.0. The van der Waals surface area contributed by atoms with Gasteiger partial charge >= 0.3 is 5.97 Å². The van der Waals surface area contributed by atoms with E-state index in [1.807, 2.05) is 18.2 Å². The molecule has 2 aromatic carbocycles. The van der Waals surface area contributed by atoms with Crippen molar-refractivity contribution in [3.63, 3.8) is 0 Å². The van der Waals surface area contributed by atoms with E-state index in [0.29, 0.717) is 0 Å². The molecular formula is C14H14O4S. The maximum absolute atomic E-state index is 11.4. The fraction of sp³-hybridized carbons (Fsp3) is 0.214. The molecule has 2 rings (SSSR count). The van der Waals surface area contributed by atoms with Gasteiger partial charge in [-0.15, -0.1) is 11.8 Å². The quantitative estimate of drug-likeness (QED) is 0.513. The molecule has 1 unspecified atom stereocenters. The summed E-state index contributed by atoms with van der Waals surface area (Å²) < 4.78 is 4.67. The van der Waals surface area contributed by atoms with Crippen LogP contribution in [0.15, 0.2) is 35.2 Å². The number of fused-ring (bicyclic) bond motifs is 1. The van der Waals surface area contributed by atoms with E-state index in [-0.39, 0.29) is 22.7 Å². The highest BCUT2D eigenvalue weighted by Crippen LogP contribution is 2.33. The number of ether oxygens (including phenoxy) is 1. The molecule has 19 heavy (non-hydrogen) atoms. The number of carbonyl (C=O) groups is 1. The summed E-state index contributed by atoms with van der Waals surface area (Å²) in [6, 6.07) is 8.56. The molecule has 0 radical (unpaired) electrons. The highest BCUT2D eigenvalue weighted by atomic mass is 32.2. The Labute approximate surface area is 115 Å². The lowest BCUT2D eigenvalue weighted by Gasteiger charge is -2.09. The Bertz CT molecular complexity index is 624. The second-order valence-electron chi connectivity index (χ2n) is 4.13. The maximum atomic E-state index is 11.4. The van der Waals surface area contributed by atoms with Crippen LogP contribution < -0.4 is 0 Å². The SMILES string of the molecule is COC(=O)C(C)Sc1ccc2cc(O)c(O)cc2c1. The third-order valence-corrected chi connectivity index (χ3v) is 3.82. The summed E-state index contributed by atoms with van der Waals surface area (Å²) in [5, 5.41) is 20.2. The Hall–Kier alpha value is -1.88. The van der Waals surface area contributed by atoms with Crippen molar-refractivity contribution in [2.24, 2.45) is 0 Å². The Morgan fingerprint density at radius 1 is 1.16 bits per heavy atom. The van der Waals surface area contributed by atoms with Gasteiger partial charge in [-0.25, -0.2) is 0 Å². The molecule has 0 saturated heterocycles. The largest absolute Gasteiger partial charge is 0.504 e. The number of rotatable bonds is 3. The zero-order valence-electron chi connectivity index (χ0n) is 10.6. The molecule has 0 aromatic heterocycles. The van der Waals surface area contributed by atoms with Crippen LogP contribution in [0.25, 0.3) is 10.8 Å². The van der Waals surface area contributed by atoms with Gasteiger partial charge in [0.1, 0.15) is 5.25 Å². The molecule has 0 aliphatic carbocycles. The van der Waals surface area contributed by atoms with E-state index in [9.17, 15) is 15.0 Å². The fourth-order valence-electron chi connectivity index (χ4n) is 1.74. The minimum absolute atomic E-state index is 0.143. The van der Waals surface area contributed by atoms with Crippen molar-refractivity contribution in [2.75, 3.05) is 7.11 Å². The Morgan fingerprint density at radius 3 is 2.42 bits per heavy atom. The van der Waals surface area contributed by atoms with E-state index < -0.39 is 0 Å². The third kappa shape index (κ3) is 2.93. The van der Waals surface area contributed by atoms with E-state index in [1.54, 1.807) is 6.92 Å². The third-order valence-electron chi connectivity index (χ3n) is 2.75. The highest BCUT2D eigenvalue weighted by molar-refractivity contribution is 8.00. The number of esters is 1. The van der Waals surface area contributed by atoms with Crippen LogP contribution in [0.2, 0.25) is 0 Å². The van der Waals surface area contributed by atoms with Crippen molar-refractivity contribution in [1.82, 2.24) is 0 Å². The molecule has 0 spiro atoms. The van der Waals surface area contributed by atoms with Crippen LogP contribution in [-0.4, -0.2) is 28.5 Å². The molecule has 5 heteroatoms. The van der Waals surface area contributed by atoms with Gasteiger partial charge in [-0.2, -0.15) is 0 Å². The number of thioether (sulfide) groups is 1. The molecule has 0 saturated carbocycles. The fourth-order valence-corrected chi connectivity index (χ4v) is 2.69. The summed E-state index contributed by atoms with van der Waals surface area (Å²) in [7, 11) is 1.36. The number of hydrogen-bond acceptors (Lipinski definition) is 5. The number of methoxy groups -OCH3 is 1. The molecule has 100 valence electrons. The van der Waals surface area contributed by atoms with Gasteiger partial charge in [0.05, 0.1) is 7.11 Å². The number of carbonyl (C=O) groups excluding carboxylic acids is 1. The predicted octanol–water partition coefficient (Wildman–Crippen LogP) is 2.90. The minimum Gasteiger partial charge on any atom is -0.504 e. The van der Waals surface area contributed by atoms with Crippen LogP contribution in [0.4, 0.5) is 0 Å². The van der Waals surface area contributed by atoms with Gasteiger partial charge in [0.2, 0.25) is 0 Å². The number of aromatic hydroxyl groups is 2. The molecule has 0 amide bonds. The molecule has 2 aromatic rings. The molecule has 0 aliphatic heterocycles. The number of phenols is 2. The van der Waals surface area contributed by atoms with Gasteiger partial charge in [0.25, 0.3) is 0 Å². The molecule has 4 nitrogen and oxygen atoms in total. The van der Waals surface area contributed by atoms with Crippen LogP contribution in [0.1, 0.15) is 6.92 Å². The van der Waals surface area contributed by atoms with E-state index in [1.165, 1.54) is 31.0 Å². The summed E-state index contributed by atoms with van der Waals surface area (Å²) in [6.07, 6.45) is 0. The van der Waals surface area contributed by atoms with E-state index in [4.69, 9.17) is 0 Å². The molecule has 0 fully saturated rings. The van der Waals surface area contributed by atoms with Crippen molar-refractivity contribution < 1.29 is 19.7 Å². The smallest absolute Gasteiger partial charge is 0.318 e. The Balaban J connectivity index is 2.31. The van der Waals surface area contributed by atoms with Crippen LogP contribution in [0.3, 0.4) is 0 Å². The standard InChI is InChI=1S/C14H14O4S/c1-8(14(17)18-2)19-11-4-3-9-6-12(15)13(16)7-10(9)5-11/h3-8,15-16H,1-2H3. The number of benzene rings is 2. The first kappa shape index (κ1) is 13.5. The molecule has 0 bridgehead atoms. The molecule has 0 aliphatic rings. The first-order chi connectivity index (χ1) is 9.01. The number of hydrogen-bond donors (Lipinski definition) is 2. The maximum Gasteiger partial charge on any atom is 0.318 e. The van der Waals surface area contributed by atoms with Crippen molar-refractivity contribution >= 4 is 28.5 Å². The first-order valence-electron chi connectivity index (χ1n) is 5.71. The highest BCUT2D eigenvalue weighted by Gasteiger charge is 2.14. The van der Waals surface area contributed by atoms with Gasteiger partial charge in [-0.1, -0.05) is 6.07 Å². The normalized spacial score (nSPS) is 12.3. The van der Waals surface area contributed by atoms with E-state index >= 15 is 0 Å². The van der Waals surface area contributed by atoms with Gasteiger partial charge in [0, 0.05) is 4.90 Å². The number of phenolic OH excluding ortho intramolecular Hbond substituents is 2. The lowest BCUT2D eigenvalue weighted by molar-refractivity contribution is -0.139. The summed E-state index contributed by atoms with van der Waals surface area (Å²) in [4.78, 5) is 12.3. The molecular weight excluding hydrogens is 264 g/mol. The lowest BCUT2D eigenvalue weighted by Crippen LogP contribution is -2.14. The van der Waals surface area contributed by atoms with E-state index in [2.05, 4.69) is 4.74 Å². The van der Waals surface area contributed by atoms with E-state index in [0.717, 1.165) is 15.7 Å². The van der Waals surface area contributed by atoms with Gasteiger partial charge in [-0.3, -0.25) is 4.79 Å². The summed E-state index contributed by atoms with van der Waals surface area (Å²) >= 11 is 1.38. The van der Waals surface area contributed by atoms with Gasteiger partial charge in [-0.05, 0) is 42.0 Å². The average Bonchev–Trinajstić information content (AvgIpc) is 2.39. The van der Waals surface area contributed by atoms with Crippen molar-refractivity contribution in [3.8, 4) is 11.5 Å². The van der Waals surface area contributed by atoms with Gasteiger partial charge < -0.3 is 14.9 Å². The van der Waals surface area contributed by atoms with Crippen molar-refractivity contribution in [3.05, 3.63) is 30.3 Å². The Kier molecular flexibility index (Phi) is 3.85. The summed E-state index contributed by atoms with van der Waals surface area (Å²) in [5.41, 5.74) is 0. The average molecular weight is 278 g/mol. The summed E-state index contributed by atoms with van der Waals surface area (Å²) in [6.45, 7) is 1.77. The molecule has 2 N–H and O–H groups in total. The van der Waals surface area contributed by atoms with Crippen LogP contribution >= 0.6 is 11.8 Å². The Morgan fingerprint density at radius 2 is 1.79 bits per heavy atom. The van der Waals surface area contributed by atoms with Crippen LogP contribution in [-0.2, 0) is 9.53 Å².